The van der Waals surface area contributed by atoms with Crippen LogP contribution in [0.2, 0.25) is 0 Å². The Kier molecular flexibility index (Phi) is 3.87. The van der Waals surface area contributed by atoms with Crippen LogP contribution in [-0.4, -0.2) is 29.8 Å². The van der Waals surface area contributed by atoms with Gasteiger partial charge in [-0.25, -0.2) is 0 Å². The average Bonchev–Trinajstić information content (AvgIpc) is 2.36. The van der Waals surface area contributed by atoms with E-state index in [1.54, 1.807) is 11.9 Å². The molecule has 0 radical (unpaired) electrons. The Bertz CT molecular complexity index is 565. The number of benzene rings is 2. The molecule has 0 heterocycles. The van der Waals surface area contributed by atoms with Gasteiger partial charge in [-0.2, -0.15) is 0 Å². The maximum absolute atomic E-state index is 12.2. The van der Waals surface area contributed by atoms with Gasteiger partial charge in [-0.05, 0) is 29.8 Å². The van der Waals surface area contributed by atoms with Crippen molar-refractivity contribution in [3.63, 3.8) is 0 Å². The van der Waals surface area contributed by atoms with Crippen molar-refractivity contribution in [2.75, 3.05) is 13.6 Å². The molecule has 2 aromatic carbocycles. The van der Waals surface area contributed by atoms with Crippen molar-refractivity contribution >= 4 is 28.3 Å². The van der Waals surface area contributed by atoms with E-state index in [0.29, 0.717) is 12.1 Å². The zero-order valence-electron chi connectivity index (χ0n) is 10.6. The number of alkyl halides is 1. The maximum atomic E-state index is 12.2. The van der Waals surface area contributed by atoms with E-state index in [2.05, 4.69) is 0 Å². The molecule has 0 spiro atoms. The van der Waals surface area contributed by atoms with Gasteiger partial charge < -0.3 is 4.90 Å². The van der Waals surface area contributed by atoms with Gasteiger partial charge in [0.2, 0.25) is 0 Å². The van der Waals surface area contributed by atoms with Gasteiger partial charge in [-0.15, -0.1) is 11.6 Å². The van der Waals surface area contributed by atoms with E-state index >= 15 is 0 Å². The van der Waals surface area contributed by atoms with Crippen LogP contribution < -0.4 is 0 Å². The number of carbonyl (C=O) groups is 1. The van der Waals surface area contributed by atoms with Crippen LogP contribution in [0.15, 0.2) is 42.5 Å². The predicted molar refractivity (Wildman–Crippen MR) is 76.2 cm³/mol. The van der Waals surface area contributed by atoms with Gasteiger partial charge in [0.25, 0.3) is 5.91 Å². The summed E-state index contributed by atoms with van der Waals surface area (Å²) in [6, 6.07) is 13.8. The lowest BCUT2D eigenvalue weighted by Crippen LogP contribution is -2.31. The molecular formula is C15H16ClNO. The van der Waals surface area contributed by atoms with E-state index in [4.69, 9.17) is 11.6 Å². The minimum atomic E-state index is -0.0422. The van der Waals surface area contributed by atoms with Gasteiger partial charge in [-0.3, -0.25) is 4.79 Å². The third-order valence-electron chi connectivity index (χ3n) is 2.87. The van der Waals surface area contributed by atoms with Crippen molar-refractivity contribution in [1.82, 2.24) is 4.90 Å². The summed E-state index contributed by atoms with van der Waals surface area (Å²) in [5.41, 5.74) is 0.702. The quantitative estimate of drug-likeness (QED) is 0.774. The van der Waals surface area contributed by atoms with E-state index in [1.807, 2.05) is 49.4 Å². The maximum Gasteiger partial charge on any atom is 0.253 e. The van der Waals surface area contributed by atoms with Crippen LogP contribution in [0.25, 0.3) is 10.8 Å². The zero-order valence-corrected chi connectivity index (χ0v) is 11.3. The third-order valence-corrected chi connectivity index (χ3v) is 3.01. The van der Waals surface area contributed by atoms with Crippen LogP contribution in [0.3, 0.4) is 0 Å². The molecule has 0 fully saturated rings. The Hall–Kier alpha value is -1.54. The van der Waals surface area contributed by atoms with Crippen molar-refractivity contribution in [1.29, 1.82) is 0 Å². The Labute approximate surface area is 112 Å². The molecule has 1 atom stereocenters. The van der Waals surface area contributed by atoms with Gasteiger partial charge in [0, 0.05) is 24.5 Å². The van der Waals surface area contributed by atoms with Crippen LogP contribution in [0.1, 0.15) is 17.3 Å². The average molecular weight is 262 g/mol. The molecule has 2 aromatic rings. The highest BCUT2D eigenvalue weighted by molar-refractivity contribution is 6.20. The summed E-state index contributed by atoms with van der Waals surface area (Å²) < 4.78 is 0. The van der Waals surface area contributed by atoms with E-state index in [9.17, 15) is 4.79 Å². The molecule has 0 bridgehead atoms. The first-order valence-electron chi connectivity index (χ1n) is 5.96. The van der Waals surface area contributed by atoms with Crippen LogP contribution in [0, 0.1) is 0 Å². The Morgan fingerprint density at radius 1 is 1.22 bits per heavy atom. The lowest BCUT2D eigenvalue weighted by Gasteiger charge is -2.18. The molecule has 0 aromatic heterocycles. The van der Waals surface area contributed by atoms with Gasteiger partial charge in [0.05, 0.1) is 0 Å². The fourth-order valence-corrected chi connectivity index (χ4v) is 2.21. The first-order chi connectivity index (χ1) is 8.58. The fourth-order valence-electron chi connectivity index (χ4n) is 2.00. The summed E-state index contributed by atoms with van der Waals surface area (Å²) in [6.45, 7) is 2.43. The van der Waals surface area contributed by atoms with Crippen molar-refractivity contribution in [3.05, 3.63) is 48.0 Å². The molecule has 18 heavy (non-hydrogen) atoms. The molecule has 2 rings (SSSR count). The van der Waals surface area contributed by atoms with Crippen LogP contribution in [0.4, 0.5) is 0 Å². The number of halogens is 1. The minimum Gasteiger partial charge on any atom is -0.340 e. The SMILES string of the molecule is CC(Cl)CN(C)C(=O)c1ccc2ccccc2c1. The molecule has 0 saturated carbocycles. The van der Waals surface area contributed by atoms with E-state index < -0.39 is 0 Å². The molecule has 1 amide bonds. The minimum absolute atomic E-state index is 0.00764. The number of hydrogen-bond donors (Lipinski definition) is 0. The van der Waals surface area contributed by atoms with Crippen molar-refractivity contribution in [3.8, 4) is 0 Å². The second-order valence-corrected chi connectivity index (χ2v) is 5.27. The predicted octanol–water partition coefficient (Wildman–Crippen LogP) is 3.54. The normalized spacial score (nSPS) is 12.4. The lowest BCUT2D eigenvalue weighted by atomic mass is 10.1. The van der Waals surface area contributed by atoms with Crippen LogP contribution >= 0.6 is 11.6 Å². The number of hydrogen-bond acceptors (Lipinski definition) is 1. The lowest BCUT2D eigenvalue weighted by molar-refractivity contribution is 0.0796. The second kappa shape index (κ2) is 5.40. The highest BCUT2D eigenvalue weighted by Crippen LogP contribution is 2.16. The Morgan fingerprint density at radius 2 is 1.89 bits per heavy atom. The fraction of sp³-hybridized carbons (Fsp3) is 0.267. The topological polar surface area (TPSA) is 20.3 Å². The monoisotopic (exact) mass is 261 g/mol. The van der Waals surface area contributed by atoms with Crippen molar-refractivity contribution in [2.24, 2.45) is 0 Å². The molecule has 0 aliphatic heterocycles. The summed E-state index contributed by atoms with van der Waals surface area (Å²) in [6.07, 6.45) is 0. The number of carbonyl (C=O) groups excluding carboxylic acids is 1. The molecule has 2 nitrogen and oxygen atoms in total. The molecule has 0 saturated heterocycles. The molecular weight excluding hydrogens is 246 g/mol. The second-order valence-electron chi connectivity index (χ2n) is 4.53. The first-order valence-corrected chi connectivity index (χ1v) is 6.40. The van der Waals surface area contributed by atoms with Crippen LogP contribution in [0.5, 0.6) is 0 Å². The number of amides is 1. The number of fused-ring (bicyclic) bond motifs is 1. The largest absolute Gasteiger partial charge is 0.340 e. The van der Waals surface area contributed by atoms with Gasteiger partial charge in [0.15, 0.2) is 0 Å². The molecule has 94 valence electrons. The highest BCUT2D eigenvalue weighted by Gasteiger charge is 2.13. The number of nitrogens with zero attached hydrogens (tertiary/aromatic N) is 1. The summed E-state index contributed by atoms with van der Waals surface area (Å²) in [4.78, 5) is 13.8. The van der Waals surface area contributed by atoms with Gasteiger partial charge >= 0.3 is 0 Å². The molecule has 1 unspecified atom stereocenters. The van der Waals surface area contributed by atoms with Gasteiger partial charge in [-0.1, -0.05) is 30.3 Å². The molecule has 3 heteroatoms. The van der Waals surface area contributed by atoms with E-state index in [0.717, 1.165) is 10.8 Å². The number of rotatable bonds is 3. The zero-order chi connectivity index (χ0) is 13.1. The Morgan fingerprint density at radius 3 is 2.56 bits per heavy atom. The Balaban J connectivity index is 2.28. The summed E-state index contributed by atoms with van der Waals surface area (Å²) in [5, 5.41) is 2.18. The summed E-state index contributed by atoms with van der Waals surface area (Å²) in [7, 11) is 1.77. The van der Waals surface area contributed by atoms with E-state index in [1.165, 1.54) is 0 Å². The van der Waals surface area contributed by atoms with Crippen molar-refractivity contribution < 1.29 is 4.79 Å². The van der Waals surface area contributed by atoms with Crippen molar-refractivity contribution in [2.45, 2.75) is 12.3 Å². The first kappa shape index (κ1) is 12.9. The molecule has 0 N–H and O–H groups in total. The molecule has 0 aliphatic rings. The van der Waals surface area contributed by atoms with Crippen LogP contribution in [-0.2, 0) is 0 Å². The molecule has 0 aliphatic carbocycles. The standard InChI is InChI=1S/C15H16ClNO/c1-11(16)10-17(2)15(18)14-8-7-12-5-3-4-6-13(12)9-14/h3-9,11H,10H2,1-2H3. The third kappa shape index (κ3) is 2.82. The summed E-state index contributed by atoms with van der Waals surface area (Å²) >= 11 is 5.91. The highest BCUT2D eigenvalue weighted by atomic mass is 35.5. The van der Waals surface area contributed by atoms with E-state index in [-0.39, 0.29) is 11.3 Å². The summed E-state index contributed by atoms with van der Waals surface area (Å²) in [5.74, 6) is 0.00764. The smallest absolute Gasteiger partial charge is 0.253 e. The van der Waals surface area contributed by atoms with Gasteiger partial charge in [0.1, 0.15) is 0 Å².